The number of carbonyl (C=O) groups is 1. The van der Waals surface area contributed by atoms with Gasteiger partial charge in [0.15, 0.2) is 0 Å². The fourth-order valence-electron chi connectivity index (χ4n) is 3.70. The van der Waals surface area contributed by atoms with Crippen LogP contribution in [0.3, 0.4) is 0 Å². The molecule has 3 aliphatic rings. The standard InChI is InChI=1S/C16H26O2/c1-10(2)13(15(17)18-5)8-11-6-7-12-9-14(11)16(12,3)4/h6,10,12-14H,7-9H2,1-5H3/t12-,13?,14-/m0/s1. The summed E-state index contributed by atoms with van der Waals surface area (Å²) < 4.78 is 4.95. The molecule has 0 N–H and O–H groups in total. The monoisotopic (exact) mass is 250 g/mol. The van der Waals surface area contributed by atoms with E-state index in [1.807, 2.05) is 0 Å². The summed E-state index contributed by atoms with van der Waals surface area (Å²) in [6.07, 6.45) is 5.81. The van der Waals surface area contributed by atoms with Gasteiger partial charge in [-0.1, -0.05) is 39.3 Å². The third-order valence-electron chi connectivity index (χ3n) is 5.35. The minimum atomic E-state index is -0.0508. The van der Waals surface area contributed by atoms with Crippen molar-refractivity contribution < 1.29 is 9.53 Å². The van der Waals surface area contributed by atoms with Gasteiger partial charge in [-0.25, -0.2) is 0 Å². The number of hydrogen-bond acceptors (Lipinski definition) is 2. The quantitative estimate of drug-likeness (QED) is 0.560. The lowest BCUT2D eigenvalue weighted by atomic mass is 9.48. The van der Waals surface area contributed by atoms with Gasteiger partial charge in [0.1, 0.15) is 0 Å². The molecule has 0 aromatic rings. The van der Waals surface area contributed by atoms with Crippen LogP contribution in [0.5, 0.6) is 0 Å². The number of rotatable bonds is 4. The van der Waals surface area contributed by atoms with Gasteiger partial charge in [0.05, 0.1) is 13.0 Å². The largest absolute Gasteiger partial charge is 0.469 e. The van der Waals surface area contributed by atoms with Crippen molar-refractivity contribution in [3.63, 3.8) is 0 Å². The summed E-state index contributed by atoms with van der Waals surface area (Å²) in [5, 5.41) is 0. The van der Waals surface area contributed by atoms with Gasteiger partial charge in [0.25, 0.3) is 0 Å². The van der Waals surface area contributed by atoms with Crippen LogP contribution < -0.4 is 0 Å². The fraction of sp³-hybridized carbons (Fsp3) is 0.812. The highest BCUT2D eigenvalue weighted by atomic mass is 16.5. The summed E-state index contributed by atoms with van der Waals surface area (Å²) in [5.74, 6) is 1.88. The second kappa shape index (κ2) is 4.71. The normalized spacial score (nSPS) is 30.4. The molecular weight excluding hydrogens is 224 g/mol. The van der Waals surface area contributed by atoms with Crippen molar-refractivity contribution in [1.29, 1.82) is 0 Å². The summed E-state index contributed by atoms with van der Waals surface area (Å²) in [7, 11) is 1.50. The molecule has 2 heteroatoms. The van der Waals surface area contributed by atoms with E-state index < -0.39 is 0 Å². The Hall–Kier alpha value is -0.790. The summed E-state index contributed by atoms with van der Waals surface area (Å²) in [4.78, 5) is 11.9. The molecule has 1 fully saturated rings. The lowest BCUT2D eigenvalue weighted by molar-refractivity contribution is -0.147. The molecule has 1 saturated carbocycles. The first-order chi connectivity index (χ1) is 8.37. The Morgan fingerprint density at radius 3 is 2.61 bits per heavy atom. The van der Waals surface area contributed by atoms with Crippen LogP contribution in [0.2, 0.25) is 0 Å². The Morgan fingerprint density at radius 2 is 2.17 bits per heavy atom. The van der Waals surface area contributed by atoms with Crippen molar-refractivity contribution in [3.05, 3.63) is 11.6 Å². The molecule has 0 amide bonds. The molecule has 0 spiro atoms. The maximum absolute atomic E-state index is 11.9. The summed E-state index contributed by atoms with van der Waals surface area (Å²) in [6, 6.07) is 0. The molecule has 0 radical (unpaired) electrons. The van der Waals surface area contributed by atoms with Crippen LogP contribution in [0, 0.1) is 29.1 Å². The molecule has 102 valence electrons. The Kier molecular flexibility index (Phi) is 3.57. The highest BCUT2D eigenvalue weighted by Crippen LogP contribution is 2.60. The van der Waals surface area contributed by atoms with Crippen molar-refractivity contribution in [2.75, 3.05) is 7.11 Å². The van der Waals surface area contributed by atoms with Gasteiger partial charge in [0, 0.05) is 0 Å². The van der Waals surface area contributed by atoms with E-state index in [1.165, 1.54) is 25.5 Å². The van der Waals surface area contributed by atoms with E-state index in [0.29, 0.717) is 17.3 Å². The van der Waals surface area contributed by atoms with E-state index in [0.717, 1.165) is 12.3 Å². The molecule has 18 heavy (non-hydrogen) atoms. The Balaban J connectivity index is 2.09. The Bertz CT molecular complexity index is 365. The highest BCUT2D eigenvalue weighted by molar-refractivity contribution is 5.73. The van der Waals surface area contributed by atoms with Crippen molar-refractivity contribution in [2.24, 2.45) is 29.1 Å². The van der Waals surface area contributed by atoms with E-state index in [1.54, 1.807) is 0 Å². The van der Waals surface area contributed by atoms with Crippen molar-refractivity contribution in [2.45, 2.75) is 47.0 Å². The minimum Gasteiger partial charge on any atom is -0.469 e. The molecule has 0 aliphatic heterocycles. The number of esters is 1. The second-order valence-corrected chi connectivity index (χ2v) is 6.90. The van der Waals surface area contributed by atoms with Gasteiger partial charge in [-0.3, -0.25) is 4.79 Å². The topological polar surface area (TPSA) is 26.3 Å². The molecule has 3 atom stereocenters. The zero-order valence-electron chi connectivity index (χ0n) is 12.3. The van der Waals surface area contributed by atoms with Gasteiger partial charge < -0.3 is 4.74 Å². The Labute approximate surface area is 111 Å². The average Bonchev–Trinajstić information content (AvgIpc) is 2.34. The lowest BCUT2D eigenvalue weighted by Crippen LogP contribution is -2.48. The number of ether oxygens (including phenoxy) is 1. The first-order valence-corrected chi connectivity index (χ1v) is 7.14. The molecule has 0 heterocycles. The Morgan fingerprint density at radius 1 is 1.50 bits per heavy atom. The van der Waals surface area contributed by atoms with Gasteiger partial charge >= 0.3 is 5.97 Å². The van der Waals surface area contributed by atoms with Crippen molar-refractivity contribution in [1.82, 2.24) is 0 Å². The van der Waals surface area contributed by atoms with Crippen LogP contribution in [0.4, 0.5) is 0 Å². The van der Waals surface area contributed by atoms with Gasteiger partial charge in [-0.2, -0.15) is 0 Å². The van der Waals surface area contributed by atoms with Crippen molar-refractivity contribution >= 4 is 5.97 Å². The number of carbonyl (C=O) groups excluding carboxylic acids is 1. The summed E-state index contributed by atoms with van der Waals surface area (Å²) in [5.41, 5.74) is 1.95. The predicted molar refractivity (Wildman–Crippen MR) is 73.0 cm³/mol. The third kappa shape index (κ3) is 2.10. The molecule has 1 unspecified atom stereocenters. The molecule has 0 saturated heterocycles. The molecule has 3 aliphatic carbocycles. The SMILES string of the molecule is COC(=O)C(CC1=CC[C@H]2C[C@@H]1C2(C)C)C(C)C. The summed E-state index contributed by atoms with van der Waals surface area (Å²) in [6.45, 7) is 8.97. The first kappa shape index (κ1) is 13.6. The summed E-state index contributed by atoms with van der Waals surface area (Å²) >= 11 is 0. The van der Waals surface area contributed by atoms with Crippen LogP contribution in [0.15, 0.2) is 11.6 Å². The van der Waals surface area contributed by atoms with Crippen LogP contribution in [-0.4, -0.2) is 13.1 Å². The lowest BCUT2D eigenvalue weighted by Gasteiger charge is -2.57. The second-order valence-electron chi connectivity index (χ2n) is 6.90. The number of hydrogen-bond donors (Lipinski definition) is 0. The molecule has 2 bridgehead atoms. The van der Waals surface area contributed by atoms with Crippen LogP contribution >= 0.6 is 0 Å². The zero-order chi connectivity index (χ0) is 13.5. The van der Waals surface area contributed by atoms with Gasteiger partial charge in [0.2, 0.25) is 0 Å². The average molecular weight is 250 g/mol. The van der Waals surface area contributed by atoms with Crippen molar-refractivity contribution in [3.8, 4) is 0 Å². The van der Waals surface area contributed by atoms with Gasteiger partial charge in [-0.05, 0) is 42.4 Å². The van der Waals surface area contributed by atoms with E-state index in [9.17, 15) is 4.79 Å². The third-order valence-corrected chi connectivity index (χ3v) is 5.35. The zero-order valence-corrected chi connectivity index (χ0v) is 12.3. The fourth-order valence-corrected chi connectivity index (χ4v) is 3.70. The number of allylic oxidation sites excluding steroid dienone is 2. The van der Waals surface area contributed by atoms with Crippen LogP contribution in [0.1, 0.15) is 47.0 Å². The maximum atomic E-state index is 11.9. The maximum Gasteiger partial charge on any atom is 0.309 e. The number of fused-ring (bicyclic) bond motifs is 1. The molecule has 2 nitrogen and oxygen atoms in total. The molecule has 3 rings (SSSR count). The van der Waals surface area contributed by atoms with E-state index in [2.05, 4.69) is 33.8 Å². The molecule has 0 aromatic heterocycles. The highest BCUT2D eigenvalue weighted by Gasteiger charge is 2.51. The van der Waals surface area contributed by atoms with E-state index >= 15 is 0 Å². The van der Waals surface area contributed by atoms with E-state index in [-0.39, 0.29) is 11.9 Å². The van der Waals surface area contributed by atoms with Crippen LogP contribution in [-0.2, 0) is 9.53 Å². The predicted octanol–water partition coefficient (Wildman–Crippen LogP) is 3.81. The van der Waals surface area contributed by atoms with E-state index in [4.69, 9.17) is 4.74 Å². The first-order valence-electron chi connectivity index (χ1n) is 7.14. The molecular formula is C16H26O2. The smallest absolute Gasteiger partial charge is 0.309 e. The molecule has 0 aromatic carbocycles. The van der Waals surface area contributed by atoms with Gasteiger partial charge in [-0.15, -0.1) is 0 Å². The number of methoxy groups -OCH3 is 1. The minimum absolute atomic E-state index is 0.0224. The van der Waals surface area contributed by atoms with Crippen LogP contribution in [0.25, 0.3) is 0 Å².